The number of hydrogen-bond acceptors (Lipinski definition) is 5. The van der Waals surface area contributed by atoms with Crippen LogP contribution in [0.15, 0.2) is 6.20 Å². The van der Waals surface area contributed by atoms with Gasteiger partial charge in [-0.3, -0.25) is 0 Å². The molecule has 3 heterocycles. The summed E-state index contributed by atoms with van der Waals surface area (Å²) >= 11 is 1.62. The Kier molecular flexibility index (Phi) is 3.92. The maximum atomic E-state index is 5.43. The standard InChI is InChI=1S/C15H24N4OS/c1-10(11-5-7-20-8-6-11)16-13-18-19-9-12(15(2,3)4)17-14(19)21-13/h9-11H,5-8H2,1-4H3,(H,16,18). The molecule has 1 atom stereocenters. The second-order valence-corrected chi connectivity index (χ2v) is 7.85. The zero-order valence-corrected chi connectivity index (χ0v) is 14.0. The number of imidazole rings is 1. The molecule has 1 aliphatic heterocycles. The number of hydrogen-bond donors (Lipinski definition) is 1. The van der Waals surface area contributed by atoms with Crippen molar-refractivity contribution in [3.8, 4) is 0 Å². The first kappa shape index (κ1) is 14.8. The average Bonchev–Trinajstić information content (AvgIpc) is 2.97. The molecule has 2 aromatic rings. The van der Waals surface area contributed by atoms with Crippen LogP contribution in [-0.2, 0) is 10.2 Å². The highest BCUT2D eigenvalue weighted by molar-refractivity contribution is 7.20. The summed E-state index contributed by atoms with van der Waals surface area (Å²) in [4.78, 5) is 5.64. The number of nitrogens with one attached hydrogen (secondary N) is 1. The van der Waals surface area contributed by atoms with E-state index in [0.717, 1.165) is 41.8 Å². The van der Waals surface area contributed by atoms with Gasteiger partial charge in [-0.1, -0.05) is 32.1 Å². The van der Waals surface area contributed by atoms with Crippen LogP contribution in [0.5, 0.6) is 0 Å². The van der Waals surface area contributed by atoms with E-state index < -0.39 is 0 Å². The van der Waals surface area contributed by atoms with Crippen molar-refractivity contribution in [1.29, 1.82) is 0 Å². The van der Waals surface area contributed by atoms with E-state index in [-0.39, 0.29) is 5.41 Å². The first-order valence-corrected chi connectivity index (χ1v) is 8.46. The molecular formula is C15H24N4OS. The predicted octanol–water partition coefficient (Wildman–Crippen LogP) is 3.32. The molecule has 0 saturated carbocycles. The summed E-state index contributed by atoms with van der Waals surface area (Å²) in [5.41, 5.74) is 1.15. The fourth-order valence-corrected chi connectivity index (χ4v) is 3.53. The Morgan fingerprint density at radius 1 is 1.38 bits per heavy atom. The zero-order valence-electron chi connectivity index (χ0n) is 13.2. The third-order valence-electron chi connectivity index (χ3n) is 4.14. The molecule has 0 spiro atoms. The molecule has 2 aromatic heterocycles. The summed E-state index contributed by atoms with van der Waals surface area (Å²) in [6.45, 7) is 10.5. The van der Waals surface area contributed by atoms with Crippen LogP contribution < -0.4 is 5.32 Å². The van der Waals surface area contributed by atoms with Crippen molar-refractivity contribution in [3.05, 3.63) is 11.9 Å². The fraction of sp³-hybridized carbons (Fsp3) is 0.733. The van der Waals surface area contributed by atoms with E-state index in [9.17, 15) is 0 Å². The lowest BCUT2D eigenvalue weighted by Crippen LogP contribution is -2.30. The number of anilines is 1. The number of fused-ring (bicyclic) bond motifs is 1. The summed E-state index contributed by atoms with van der Waals surface area (Å²) < 4.78 is 7.32. The number of aromatic nitrogens is 3. The van der Waals surface area contributed by atoms with E-state index in [1.165, 1.54) is 0 Å². The lowest BCUT2D eigenvalue weighted by atomic mass is 9.93. The summed E-state index contributed by atoms with van der Waals surface area (Å²) in [7, 11) is 0. The normalized spacial score (nSPS) is 19.0. The molecule has 5 nitrogen and oxygen atoms in total. The van der Waals surface area contributed by atoms with Crippen molar-refractivity contribution >= 4 is 21.4 Å². The molecule has 21 heavy (non-hydrogen) atoms. The van der Waals surface area contributed by atoms with Gasteiger partial charge in [0, 0.05) is 24.7 Å². The topological polar surface area (TPSA) is 51.5 Å². The minimum Gasteiger partial charge on any atom is -0.381 e. The van der Waals surface area contributed by atoms with Crippen LogP contribution in [-0.4, -0.2) is 33.9 Å². The van der Waals surface area contributed by atoms with Gasteiger partial charge in [-0.25, -0.2) is 9.50 Å². The maximum absolute atomic E-state index is 5.43. The second-order valence-electron chi connectivity index (χ2n) is 6.89. The van der Waals surface area contributed by atoms with Crippen molar-refractivity contribution in [2.75, 3.05) is 18.5 Å². The van der Waals surface area contributed by atoms with Crippen LogP contribution in [0, 0.1) is 5.92 Å². The highest BCUT2D eigenvalue weighted by atomic mass is 32.1. The number of nitrogens with zero attached hydrogens (tertiary/aromatic N) is 3. The van der Waals surface area contributed by atoms with E-state index >= 15 is 0 Å². The molecule has 116 valence electrons. The van der Waals surface area contributed by atoms with Gasteiger partial charge in [0.25, 0.3) is 0 Å². The van der Waals surface area contributed by atoms with E-state index in [0.29, 0.717) is 12.0 Å². The van der Waals surface area contributed by atoms with Gasteiger partial charge >= 0.3 is 0 Å². The molecule has 1 unspecified atom stereocenters. The Labute approximate surface area is 129 Å². The van der Waals surface area contributed by atoms with Crippen LogP contribution in [0.3, 0.4) is 0 Å². The van der Waals surface area contributed by atoms with Crippen molar-refractivity contribution < 1.29 is 4.74 Å². The molecule has 6 heteroatoms. The van der Waals surface area contributed by atoms with E-state index in [4.69, 9.17) is 4.74 Å². The predicted molar refractivity (Wildman–Crippen MR) is 86.2 cm³/mol. The Morgan fingerprint density at radius 3 is 2.71 bits per heavy atom. The van der Waals surface area contributed by atoms with Gasteiger partial charge in [-0.2, -0.15) is 0 Å². The lowest BCUT2D eigenvalue weighted by Gasteiger charge is -2.28. The Bertz CT molecular complexity index is 575. The smallest absolute Gasteiger partial charge is 0.214 e. The van der Waals surface area contributed by atoms with E-state index in [1.54, 1.807) is 11.3 Å². The Balaban J connectivity index is 1.71. The highest BCUT2D eigenvalue weighted by Crippen LogP contribution is 2.27. The molecule has 1 aliphatic rings. The third-order valence-corrected chi connectivity index (χ3v) is 4.99. The quantitative estimate of drug-likeness (QED) is 0.945. The molecule has 3 rings (SSSR count). The lowest BCUT2D eigenvalue weighted by molar-refractivity contribution is 0.0622. The summed E-state index contributed by atoms with van der Waals surface area (Å²) in [6.07, 6.45) is 4.30. The van der Waals surface area contributed by atoms with Crippen molar-refractivity contribution in [1.82, 2.24) is 14.6 Å². The zero-order chi connectivity index (χ0) is 15.0. The maximum Gasteiger partial charge on any atom is 0.214 e. The summed E-state index contributed by atoms with van der Waals surface area (Å²) in [6, 6.07) is 0.423. The first-order chi connectivity index (χ1) is 9.93. The van der Waals surface area contributed by atoms with Crippen molar-refractivity contribution in [2.24, 2.45) is 5.92 Å². The van der Waals surface area contributed by atoms with Crippen molar-refractivity contribution in [2.45, 2.75) is 52.0 Å². The van der Waals surface area contributed by atoms with Crippen LogP contribution in [0.2, 0.25) is 0 Å². The van der Waals surface area contributed by atoms with Gasteiger partial charge in [-0.15, -0.1) is 5.10 Å². The minimum atomic E-state index is 0.0659. The van der Waals surface area contributed by atoms with Crippen LogP contribution in [0.4, 0.5) is 5.13 Å². The van der Waals surface area contributed by atoms with Gasteiger partial charge in [0.1, 0.15) is 0 Å². The van der Waals surface area contributed by atoms with Crippen LogP contribution >= 0.6 is 11.3 Å². The van der Waals surface area contributed by atoms with Crippen LogP contribution in [0.25, 0.3) is 4.96 Å². The van der Waals surface area contributed by atoms with E-state index in [1.807, 2.05) is 10.7 Å². The Hall–Kier alpha value is -1.14. The molecule has 0 amide bonds. The van der Waals surface area contributed by atoms with Gasteiger partial charge < -0.3 is 10.1 Å². The number of ether oxygens (including phenoxy) is 1. The SMILES string of the molecule is CC(Nc1nn2cc(C(C)(C)C)nc2s1)C1CCOCC1. The van der Waals surface area contributed by atoms with E-state index in [2.05, 4.69) is 43.1 Å². The highest BCUT2D eigenvalue weighted by Gasteiger charge is 2.23. The van der Waals surface area contributed by atoms with Crippen LogP contribution in [0.1, 0.15) is 46.2 Å². The minimum absolute atomic E-state index is 0.0659. The molecule has 0 aliphatic carbocycles. The second kappa shape index (κ2) is 5.57. The first-order valence-electron chi connectivity index (χ1n) is 7.64. The summed E-state index contributed by atoms with van der Waals surface area (Å²) in [5, 5.41) is 9.10. The largest absolute Gasteiger partial charge is 0.381 e. The number of rotatable bonds is 3. The van der Waals surface area contributed by atoms with Gasteiger partial charge in [0.2, 0.25) is 10.1 Å². The molecular weight excluding hydrogens is 284 g/mol. The van der Waals surface area contributed by atoms with Gasteiger partial charge in [0.05, 0.1) is 11.9 Å². The Morgan fingerprint density at radius 2 is 2.10 bits per heavy atom. The molecule has 0 radical (unpaired) electrons. The van der Waals surface area contributed by atoms with Crippen molar-refractivity contribution in [3.63, 3.8) is 0 Å². The monoisotopic (exact) mass is 308 g/mol. The average molecular weight is 308 g/mol. The fourth-order valence-electron chi connectivity index (χ4n) is 2.65. The van der Waals surface area contributed by atoms with Gasteiger partial charge in [-0.05, 0) is 25.7 Å². The molecule has 1 N–H and O–H groups in total. The molecule has 1 saturated heterocycles. The van der Waals surface area contributed by atoms with Gasteiger partial charge in [0.15, 0.2) is 0 Å². The summed E-state index contributed by atoms with van der Waals surface area (Å²) in [5.74, 6) is 0.667. The molecule has 1 fully saturated rings. The molecule has 0 bridgehead atoms. The third kappa shape index (κ3) is 3.21. The molecule has 0 aromatic carbocycles.